The number of unbranched alkanes of at least 4 members (excludes halogenated alkanes) is 6. The Morgan fingerprint density at radius 2 is 1.75 bits per heavy atom. The summed E-state index contributed by atoms with van der Waals surface area (Å²) in [5.41, 5.74) is 3.98. The Bertz CT molecular complexity index is 945. The Morgan fingerprint density at radius 3 is 2.28 bits per heavy atom. The van der Waals surface area contributed by atoms with Gasteiger partial charge in [-0.05, 0) is 25.0 Å². The molecule has 2 atom stereocenters. The highest BCUT2D eigenvalue weighted by Crippen LogP contribution is 2.42. The van der Waals surface area contributed by atoms with E-state index in [0.717, 1.165) is 0 Å². The number of anilines is 1. The molecule has 0 saturated carbocycles. The van der Waals surface area contributed by atoms with Gasteiger partial charge in [-0.2, -0.15) is 0 Å². The van der Waals surface area contributed by atoms with Crippen molar-refractivity contribution in [3.63, 3.8) is 0 Å². The van der Waals surface area contributed by atoms with Gasteiger partial charge in [-0.1, -0.05) is 99.2 Å². The van der Waals surface area contributed by atoms with Crippen molar-refractivity contribution >= 4 is 32.4 Å². The second-order valence-corrected chi connectivity index (χ2v) is 9.79. The maximum atomic E-state index is 14.3. The van der Waals surface area contributed by atoms with Crippen LogP contribution < -0.4 is 11.1 Å². The number of amides is 1. The van der Waals surface area contributed by atoms with Gasteiger partial charge in [-0.15, -0.1) is 0 Å². The van der Waals surface area contributed by atoms with Gasteiger partial charge in [0.05, 0.1) is 11.6 Å². The van der Waals surface area contributed by atoms with Gasteiger partial charge in [-0.3, -0.25) is 10.2 Å². The third-order valence-electron chi connectivity index (χ3n) is 5.98. The number of rotatable bonds is 11. The first-order valence-corrected chi connectivity index (χ1v) is 13.5. The van der Waals surface area contributed by atoms with Gasteiger partial charge in [0.25, 0.3) is 5.66 Å². The lowest BCUT2D eigenvalue weighted by Gasteiger charge is -2.32. The largest absolute Gasteiger partial charge is 0.398 e. The highest BCUT2D eigenvalue weighted by molar-refractivity contribution is 7.18. The van der Waals surface area contributed by atoms with Gasteiger partial charge in [0.15, 0.2) is 0 Å². The Hall–Kier alpha value is -2.40. The van der Waals surface area contributed by atoms with Crippen LogP contribution in [0.4, 0.5) is 14.5 Å². The lowest BCUT2D eigenvalue weighted by molar-refractivity contribution is -0.122. The van der Waals surface area contributed by atoms with Crippen LogP contribution in [0.1, 0.15) is 91.0 Å². The van der Waals surface area contributed by atoms with Crippen molar-refractivity contribution in [2.24, 2.45) is 10.9 Å². The first-order valence-electron chi connectivity index (χ1n) is 12.9. The zero-order valence-corrected chi connectivity index (χ0v) is 23.3. The minimum atomic E-state index is -3.23. The summed E-state index contributed by atoms with van der Waals surface area (Å²) in [7, 11) is 1.50. The molecule has 4 N–H and O–H groups in total. The Balaban J connectivity index is 0.000000613. The number of benzene rings is 1. The number of amidine groups is 1. The number of carbonyl (C=O) groups excluding carboxylic acids is 1. The fourth-order valence-corrected chi connectivity index (χ4v) is 4.18. The van der Waals surface area contributed by atoms with Crippen LogP contribution in [0.25, 0.3) is 0 Å². The van der Waals surface area contributed by atoms with Crippen molar-refractivity contribution < 1.29 is 13.6 Å². The van der Waals surface area contributed by atoms with E-state index in [1.807, 2.05) is 6.92 Å². The monoisotopic (exact) mass is 520 g/mol. The third kappa shape index (κ3) is 10.3. The van der Waals surface area contributed by atoms with E-state index in [4.69, 9.17) is 11.1 Å². The lowest BCUT2D eigenvalue weighted by atomic mass is 9.84. The van der Waals surface area contributed by atoms with E-state index in [2.05, 4.69) is 24.2 Å². The second-order valence-electron chi connectivity index (χ2n) is 9.02. The molecule has 2 unspecified atom stereocenters. The van der Waals surface area contributed by atoms with E-state index in [1.54, 1.807) is 37.3 Å². The number of hydrogen-bond donors (Lipinski definition) is 3. The third-order valence-corrected chi connectivity index (χ3v) is 6.38. The van der Waals surface area contributed by atoms with Crippen LogP contribution in [-0.2, 0) is 4.79 Å². The van der Waals surface area contributed by atoms with Gasteiger partial charge in [0.2, 0.25) is 5.91 Å². The normalized spacial score (nSPS) is 18.6. The number of para-hydroxylation sites is 1. The fraction of sp³-hybridized carbons (Fsp3) is 0.536. The van der Waals surface area contributed by atoms with E-state index in [-0.39, 0.29) is 17.1 Å². The van der Waals surface area contributed by atoms with Crippen LogP contribution in [0.5, 0.6) is 0 Å². The predicted octanol–water partition coefficient (Wildman–Crippen LogP) is 7.64. The van der Waals surface area contributed by atoms with E-state index >= 15 is 0 Å². The lowest BCUT2D eigenvalue weighted by Crippen LogP contribution is -2.46. The summed E-state index contributed by atoms with van der Waals surface area (Å²) < 4.78 is 28.6. The van der Waals surface area contributed by atoms with Crippen molar-refractivity contribution in [2.45, 2.75) is 91.1 Å². The molecule has 0 radical (unpaired) electrons. The van der Waals surface area contributed by atoms with Crippen molar-refractivity contribution in [1.29, 1.82) is 5.41 Å². The highest BCUT2D eigenvalue weighted by atomic mass is 31.0. The molecular formula is C28H43F2N4OP. The first kappa shape index (κ1) is 31.6. The van der Waals surface area contributed by atoms with Gasteiger partial charge in [-0.25, -0.2) is 13.8 Å². The summed E-state index contributed by atoms with van der Waals surface area (Å²) >= 11 is 0. The van der Waals surface area contributed by atoms with Gasteiger partial charge < -0.3 is 11.1 Å². The molecule has 5 nitrogen and oxygen atoms in total. The molecule has 1 saturated heterocycles. The Morgan fingerprint density at radius 1 is 1.17 bits per heavy atom. The quantitative estimate of drug-likeness (QED) is 0.121. The summed E-state index contributed by atoms with van der Waals surface area (Å²) in [5.74, 6) is -1.90. The van der Waals surface area contributed by atoms with Crippen LogP contribution in [0.3, 0.4) is 0 Å². The molecule has 1 heterocycles. The second kappa shape index (κ2) is 16.4. The molecule has 1 amide bonds. The topological polar surface area (TPSA) is 91.3 Å². The average Bonchev–Trinajstić information content (AvgIpc) is 2.83. The van der Waals surface area contributed by atoms with Crippen LogP contribution >= 0.6 is 9.24 Å². The highest BCUT2D eigenvalue weighted by Gasteiger charge is 2.44. The Kier molecular flexibility index (Phi) is 14.4. The van der Waals surface area contributed by atoms with Crippen LogP contribution in [0.15, 0.2) is 52.7 Å². The fourth-order valence-electron chi connectivity index (χ4n) is 3.90. The van der Waals surface area contributed by atoms with Crippen LogP contribution in [0, 0.1) is 11.3 Å². The van der Waals surface area contributed by atoms with E-state index in [0.29, 0.717) is 23.2 Å². The number of allylic oxidation sites excluding steroid dienone is 2. The summed E-state index contributed by atoms with van der Waals surface area (Å²) in [6, 6.07) is 6.76. The molecule has 8 heteroatoms. The molecule has 1 aliphatic heterocycles. The number of nitrogens with zero attached hydrogens (tertiary/aromatic N) is 1. The smallest absolute Gasteiger partial charge is 0.266 e. The molecule has 1 fully saturated rings. The summed E-state index contributed by atoms with van der Waals surface area (Å²) in [5, 5.41) is 11.0. The molecule has 1 aromatic carbocycles. The molecule has 36 heavy (non-hydrogen) atoms. The van der Waals surface area contributed by atoms with Crippen molar-refractivity contribution in [3.05, 3.63) is 53.3 Å². The maximum Gasteiger partial charge on any atom is 0.266 e. The maximum absolute atomic E-state index is 14.3. The number of alkyl halides is 2. The van der Waals surface area contributed by atoms with Gasteiger partial charge in [0, 0.05) is 29.4 Å². The number of halogens is 2. The first-order chi connectivity index (χ1) is 17.1. The molecule has 1 aromatic rings. The van der Waals surface area contributed by atoms with Gasteiger partial charge >= 0.3 is 0 Å². The predicted molar refractivity (Wildman–Crippen MR) is 152 cm³/mol. The average molecular weight is 521 g/mol. The molecule has 1 aliphatic rings. The Labute approximate surface area is 217 Å². The molecule has 0 aromatic heterocycles. The number of aliphatic imine (C=N–C) groups is 1. The van der Waals surface area contributed by atoms with Crippen molar-refractivity contribution in [1.82, 2.24) is 5.32 Å². The number of nitrogens with two attached hydrogens (primary N) is 1. The number of nitrogen functional groups attached to an aromatic ring is 1. The van der Waals surface area contributed by atoms with E-state index in [1.165, 1.54) is 60.4 Å². The van der Waals surface area contributed by atoms with Crippen molar-refractivity contribution in [3.8, 4) is 0 Å². The number of nitrogens with one attached hydrogen (secondary N) is 2. The van der Waals surface area contributed by atoms with E-state index < -0.39 is 23.9 Å². The summed E-state index contributed by atoms with van der Waals surface area (Å²) in [4.78, 5) is 16.1. The van der Waals surface area contributed by atoms with Crippen molar-refractivity contribution in [2.75, 3.05) is 5.73 Å². The number of piperidine rings is 1. The zero-order valence-electron chi connectivity index (χ0n) is 22.2. The molecule has 200 valence electrons. The van der Waals surface area contributed by atoms with Crippen LogP contribution in [0.2, 0.25) is 0 Å². The summed E-state index contributed by atoms with van der Waals surface area (Å²) in [6.45, 7) is 8.01. The van der Waals surface area contributed by atoms with Crippen LogP contribution in [-0.4, -0.2) is 23.1 Å². The SMILES string of the molecule is CC/C=C/N=C1\NC(=O)CC(C(F)(F)P)\C1=C(\C)C(=N)c1ccccc1N.CCCCCCCCC. The molecular weight excluding hydrogens is 477 g/mol. The summed E-state index contributed by atoms with van der Waals surface area (Å²) in [6.07, 6.45) is 13.5. The minimum Gasteiger partial charge on any atom is -0.398 e. The molecule has 0 spiro atoms. The zero-order chi connectivity index (χ0) is 27.1. The number of hydrogen-bond acceptors (Lipinski definition) is 4. The minimum absolute atomic E-state index is 0.0191. The van der Waals surface area contributed by atoms with E-state index in [9.17, 15) is 13.6 Å². The molecule has 0 bridgehead atoms. The standard InChI is InChI=1S/C19H23F2N4OP.C9H20/c1-3-4-9-24-18-16(13(19(20,21)27)10-15(26)25-18)11(2)17(23)12-7-5-6-8-14(12)22;1-3-5-7-9-8-6-4-2/h4-9,13,23H,3,10,22,27H2,1-2H3,(H,24,25,26);3-9H2,1-2H3/b9-4+,16-11+,23-17?;. The molecule has 2 rings (SSSR count). The van der Waals surface area contributed by atoms with Gasteiger partial charge in [0.1, 0.15) is 5.84 Å². The molecule has 0 aliphatic carbocycles. The number of carbonyl (C=O) groups is 1.